The van der Waals surface area contributed by atoms with Crippen LogP contribution in [0.3, 0.4) is 0 Å². The van der Waals surface area contributed by atoms with E-state index in [1.807, 2.05) is 37.4 Å². The molecule has 1 aliphatic rings. The molecule has 5 heteroatoms. The summed E-state index contributed by atoms with van der Waals surface area (Å²) in [5.41, 5.74) is 0. The molecule has 0 amide bonds. The number of hydrogen-bond donors (Lipinski definition) is 1. The van der Waals surface area contributed by atoms with Gasteiger partial charge in [0, 0.05) is 26.7 Å². The molecule has 1 heterocycles. The van der Waals surface area contributed by atoms with Crippen LogP contribution in [0.2, 0.25) is 0 Å². The molecule has 0 saturated carbocycles. The third kappa shape index (κ3) is 5.75. The van der Waals surface area contributed by atoms with Crippen molar-refractivity contribution in [3.05, 3.63) is 30.3 Å². The van der Waals surface area contributed by atoms with Gasteiger partial charge >= 0.3 is 0 Å². The molecule has 2 rings (SSSR count). The average Bonchev–Trinajstić information content (AvgIpc) is 2.58. The zero-order valence-electron chi connectivity index (χ0n) is 14.5. The number of likely N-dealkylation sites (tertiary alicyclic amines) is 1. The number of guanidine groups is 1. The molecule has 0 radical (unpaired) electrons. The second kappa shape index (κ2) is 9.40. The summed E-state index contributed by atoms with van der Waals surface area (Å²) in [6.07, 6.45) is 2.60. The number of rotatable bonds is 6. The summed E-state index contributed by atoms with van der Waals surface area (Å²) >= 11 is 0. The maximum Gasteiger partial charge on any atom is 0.193 e. The van der Waals surface area contributed by atoms with E-state index in [0.717, 1.165) is 50.8 Å². The lowest BCUT2D eigenvalue weighted by Crippen LogP contribution is -2.48. The Hall–Kier alpha value is -1.75. The van der Waals surface area contributed by atoms with Crippen molar-refractivity contribution in [3.8, 4) is 5.75 Å². The first-order valence-electron chi connectivity index (χ1n) is 8.51. The van der Waals surface area contributed by atoms with Crippen LogP contribution in [0, 0.1) is 0 Å². The molecule has 1 N–H and O–H groups in total. The molecule has 5 nitrogen and oxygen atoms in total. The van der Waals surface area contributed by atoms with E-state index in [1.54, 1.807) is 0 Å². The van der Waals surface area contributed by atoms with Crippen molar-refractivity contribution in [1.29, 1.82) is 0 Å². The van der Waals surface area contributed by atoms with E-state index >= 15 is 0 Å². The number of benzene rings is 1. The maximum atomic E-state index is 5.89. The first kappa shape index (κ1) is 17.6. The molecule has 23 heavy (non-hydrogen) atoms. The van der Waals surface area contributed by atoms with Crippen molar-refractivity contribution >= 4 is 5.96 Å². The molecule has 0 bridgehead atoms. The molecular weight excluding hydrogens is 290 g/mol. The molecule has 0 aromatic heterocycles. The van der Waals surface area contributed by atoms with Crippen molar-refractivity contribution in [3.63, 3.8) is 0 Å². The summed E-state index contributed by atoms with van der Waals surface area (Å²) in [5.74, 6) is 1.85. The van der Waals surface area contributed by atoms with Gasteiger partial charge in [0.25, 0.3) is 0 Å². The van der Waals surface area contributed by atoms with Crippen LogP contribution in [0.1, 0.15) is 26.7 Å². The Balaban J connectivity index is 1.75. The van der Waals surface area contributed by atoms with Crippen LogP contribution in [-0.2, 0) is 4.74 Å². The van der Waals surface area contributed by atoms with E-state index in [0.29, 0.717) is 6.10 Å². The van der Waals surface area contributed by atoms with Crippen LogP contribution in [0.5, 0.6) is 5.75 Å². The number of aliphatic imine (C=N–C) groups is 1. The Morgan fingerprint density at radius 3 is 2.61 bits per heavy atom. The third-order valence-corrected chi connectivity index (χ3v) is 3.98. The minimum absolute atomic E-state index is 0.0788. The number of para-hydroxylation sites is 1. The fourth-order valence-electron chi connectivity index (χ4n) is 2.81. The lowest BCUT2D eigenvalue weighted by molar-refractivity contribution is 0.0263. The Bertz CT molecular complexity index is 470. The van der Waals surface area contributed by atoms with Crippen molar-refractivity contribution in [2.75, 3.05) is 33.3 Å². The maximum absolute atomic E-state index is 5.89. The van der Waals surface area contributed by atoms with Crippen molar-refractivity contribution in [1.82, 2.24) is 10.2 Å². The molecule has 1 fully saturated rings. The zero-order chi connectivity index (χ0) is 16.5. The van der Waals surface area contributed by atoms with E-state index in [4.69, 9.17) is 9.47 Å². The summed E-state index contributed by atoms with van der Waals surface area (Å²) in [5, 5.41) is 3.42. The van der Waals surface area contributed by atoms with Gasteiger partial charge < -0.3 is 19.7 Å². The minimum Gasteiger partial charge on any atom is -0.489 e. The van der Waals surface area contributed by atoms with Gasteiger partial charge in [-0.2, -0.15) is 0 Å². The van der Waals surface area contributed by atoms with Crippen molar-refractivity contribution < 1.29 is 9.47 Å². The van der Waals surface area contributed by atoms with Crippen molar-refractivity contribution in [2.24, 2.45) is 4.99 Å². The number of piperidine rings is 1. The Morgan fingerprint density at radius 2 is 2.00 bits per heavy atom. The molecule has 1 saturated heterocycles. The highest BCUT2D eigenvalue weighted by molar-refractivity contribution is 5.80. The van der Waals surface area contributed by atoms with Crippen molar-refractivity contribution in [2.45, 2.75) is 38.9 Å². The molecule has 1 aromatic carbocycles. The fourth-order valence-corrected chi connectivity index (χ4v) is 2.81. The van der Waals surface area contributed by atoms with Gasteiger partial charge in [-0.25, -0.2) is 0 Å². The van der Waals surface area contributed by atoms with Crippen LogP contribution < -0.4 is 10.1 Å². The predicted octanol–water partition coefficient (Wildman–Crippen LogP) is 2.53. The van der Waals surface area contributed by atoms with E-state index in [-0.39, 0.29) is 6.10 Å². The standard InChI is InChI=1S/C18H29N3O2/c1-4-22-16-10-12-21(13-11-16)18(19-3)20-14-15(2)23-17-8-6-5-7-9-17/h5-9,15-16H,4,10-14H2,1-3H3,(H,19,20). The number of ether oxygens (including phenoxy) is 2. The first-order chi connectivity index (χ1) is 11.2. The van der Waals surface area contributed by atoms with Gasteiger partial charge in [-0.1, -0.05) is 18.2 Å². The van der Waals surface area contributed by atoms with Gasteiger partial charge in [-0.15, -0.1) is 0 Å². The smallest absolute Gasteiger partial charge is 0.193 e. The lowest BCUT2D eigenvalue weighted by Gasteiger charge is -2.34. The summed E-state index contributed by atoms with van der Waals surface area (Å²) in [7, 11) is 1.83. The van der Waals surface area contributed by atoms with Crippen LogP contribution >= 0.6 is 0 Å². The molecule has 1 aliphatic heterocycles. The van der Waals surface area contributed by atoms with E-state index in [9.17, 15) is 0 Å². The van der Waals surface area contributed by atoms with E-state index < -0.39 is 0 Å². The zero-order valence-corrected chi connectivity index (χ0v) is 14.5. The monoisotopic (exact) mass is 319 g/mol. The first-order valence-corrected chi connectivity index (χ1v) is 8.51. The molecule has 1 atom stereocenters. The molecule has 0 aliphatic carbocycles. The van der Waals surface area contributed by atoms with Gasteiger partial charge in [-0.3, -0.25) is 4.99 Å². The van der Waals surface area contributed by atoms with Crippen LogP contribution in [0.25, 0.3) is 0 Å². The SMILES string of the molecule is CCOC1CCN(C(=NC)NCC(C)Oc2ccccc2)CC1. The van der Waals surface area contributed by atoms with Crippen LogP contribution in [0.15, 0.2) is 35.3 Å². The summed E-state index contributed by atoms with van der Waals surface area (Å²) < 4.78 is 11.6. The van der Waals surface area contributed by atoms with E-state index in [1.165, 1.54) is 0 Å². The highest BCUT2D eigenvalue weighted by Crippen LogP contribution is 2.14. The lowest BCUT2D eigenvalue weighted by atomic mass is 10.1. The quantitative estimate of drug-likeness (QED) is 0.646. The Kier molecular flexibility index (Phi) is 7.20. The van der Waals surface area contributed by atoms with Gasteiger partial charge in [0.15, 0.2) is 5.96 Å². The van der Waals surface area contributed by atoms with Gasteiger partial charge in [-0.05, 0) is 38.8 Å². The molecular formula is C18H29N3O2. The molecule has 128 valence electrons. The largest absolute Gasteiger partial charge is 0.489 e. The fraction of sp³-hybridized carbons (Fsp3) is 0.611. The van der Waals surface area contributed by atoms with Gasteiger partial charge in [0.05, 0.1) is 12.6 Å². The number of nitrogens with zero attached hydrogens (tertiary/aromatic N) is 2. The summed E-state index contributed by atoms with van der Waals surface area (Å²) in [4.78, 5) is 6.69. The summed E-state index contributed by atoms with van der Waals surface area (Å²) in [6, 6.07) is 9.91. The minimum atomic E-state index is 0.0788. The predicted molar refractivity (Wildman–Crippen MR) is 94.1 cm³/mol. The average molecular weight is 319 g/mol. The van der Waals surface area contributed by atoms with Gasteiger partial charge in [0.2, 0.25) is 0 Å². The van der Waals surface area contributed by atoms with Gasteiger partial charge in [0.1, 0.15) is 11.9 Å². The molecule has 1 aromatic rings. The normalized spacial score (nSPS) is 17.9. The van der Waals surface area contributed by atoms with Crippen LogP contribution in [-0.4, -0.2) is 56.4 Å². The molecule has 0 spiro atoms. The second-order valence-electron chi connectivity index (χ2n) is 5.81. The molecule has 1 unspecified atom stereocenters. The van der Waals surface area contributed by atoms with E-state index in [2.05, 4.69) is 29.1 Å². The highest BCUT2D eigenvalue weighted by atomic mass is 16.5. The van der Waals surface area contributed by atoms with Crippen LogP contribution in [0.4, 0.5) is 0 Å². The Labute approximate surface area is 139 Å². The Morgan fingerprint density at radius 1 is 1.30 bits per heavy atom. The third-order valence-electron chi connectivity index (χ3n) is 3.98. The topological polar surface area (TPSA) is 46.1 Å². The second-order valence-corrected chi connectivity index (χ2v) is 5.81. The highest BCUT2D eigenvalue weighted by Gasteiger charge is 2.21. The summed E-state index contributed by atoms with van der Waals surface area (Å²) in [6.45, 7) is 7.62. The number of nitrogens with one attached hydrogen (secondary N) is 1. The number of hydrogen-bond acceptors (Lipinski definition) is 3.